The maximum atomic E-state index is 11.5. The van der Waals surface area contributed by atoms with Gasteiger partial charge in [0.15, 0.2) is 5.92 Å². The highest BCUT2D eigenvalue weighted by molar-refractivity contribution is 5.85. The second kappa shape index (κ2) is 1.62. The molecular weight excluding hydrogens is 135 g/mol. The molecule has 52 valence electrons. The van der Waals surface area contributed by atoms with Gasteiger partial charge < -0.3 is 5.32 Å². The minimum Gasteiger partial charge on any atom is -0.354 e. The molecule has 2 nitrogen and oxygen atoms in total. The molecule has 1 aliphatic heterocycles. The summed E-state index contributed by atoms with van der Waals surface area (Å²) in [4.78, 5) is 10.0. The van der Waals surface area contributed by atoms with E-state index in [1.54, 1.807) is 0 Å². The van der Waals surface area contributed by atoms with Crippen molar-refractivity contribution in [3.05, 3.63) is 0 Å². The van der Waals surface area contributed by atoms with Crippen molar-refractivity contribution in [1.82, 2.24) is 5.32 Å². The number of hydrogen-bond donors (Lipinski definition) is 1. The molecule has 1 amide bonds. The van der Waals surface area contributed by atoms with Crippen molar-refractivity contribution < 1.29 is 18.0 Å². The Morgan fingerprint density at radius 1 is 1.56 bits per heavy atom. The van der Waals surface area contributed by atoms with Crippen LogP contribution in [0.4, 0.5) is 13.2 Å². The van der Waals surface area contributed by atoms with E-state index in [1.165, 1.54) is 0 Å². The molecule has 1 fully saturated rings. The van der Waals surface area contributed by atoms with Crippen LogP contribution >= 0.6 is 0 Å². The Morgan fingerprint density at radius 2 is 2.11 bits per heavy atom. The first kappa shape index (κ1) is 6.38. The molecule has 9 heavy (non-hydrogen) atoms. The molecule has 0 aliphatic carbocycles. The van der Waals surface area contributed by atoms with Crippen LogP contribution in [0, 0.1) is 5.92 Å². The molecule has 0 aromatic heterocycles. The fourth-order valence-electron chi connectivity index (χ4n) is 0.552. The third-order valence-electron chi connectivity index (χ3n) is 1.19. The lowest BCUT2D eigenvalue weighted by Crippen LogP contribution is -2.55. The van der Waals surface area contributed by atoms with Crippen LogP contribution in [0.2, 0.25) is 0 Å². The van der Waals surface area contributed by atoms with E-state index < -0.39 is 18.0 Å². The van der Waals surface area contributed by atoms with Crippen molar-refractivity contribution in [2.24, 2.45) is 5.92 Å². The van der Waals surface area contributed by atoms with Crippen molar-refractivity contribution in [3.8, 4) is 0 Å². The van der Waals surface area contributed by atoms with Crippen molar-refractivity contribution >= 4 is 5.91 Å². The summed E-state index contributed by atoms with van der Waals surface area (Å²) in [5.74, 6) is -2.67. The van der Waals surface area contributed by atoms with Crippen LogP contribution < -0.4 is 5.32 Å². The van der Waals surface area contributed by atoms with Crippen LogP contribution in [0.15, 0.2) is 0 Å². The monoisotopic (exact) mass is 139 g/mol. The summed E-state index contributed by atoms with van der Waals surface area (Å²) in [6.45, 7) is -0.262. The fourth-order valence-corrected chi connectivity index (χ4v) is 0.552. The number of alkyl halides is 3. The maximum absolute atomic E-state index is 11.5. The summed E-state index contributed by atoms with van der Waals surface area (Å²) in [5, 5.41) is 2.01. The third-order valence-corrected chi connectivity index (χ3v) is 1.19. The molecule has 1 aliphatic rings. The van der Waals surface area contributed by atoms with E-state index in [4.69, 9.17) is 0 Å². The molecular formula is C4H4F3NO. The molecule has 0 radical (unpaired) electrons. The number of hydrogen-bond acceptors (Lipinski definition) is 1. The first-order valence-corrected chi connectivity index (χ1v) is 2.36. The minimum absolute atomic E-state index is 0.262. The molecule has 1 heterocycles. The number of β-lactam (4-membered cyclic amide) rings is 1. The summed E-state index contributed by atoms with van der Waals surface area (Å²) < 4.78 is 34.5. The smallest absolute Gasteiger partial charge is 0.354 e. The number of nitrogens with one attached hydrogen (secondary N) is 1. The largest absolute Gasteiger partial charge is 0.402 e. The summed E-state index contributed by atoms with van der Waals surface area (Å²) in [6.07, 6.45) is -4.34. The summed E-state index contributed by atoms with van der Waals surface area (Å²) >= 11 is 0. The molecule has 0 aromatic rings. The van der Waals surface area contributed by atoms with Gasteiger partial charge in [-0.15, -0.1) is 0 Å². The number of rotatable bonds is 0. The van der Waals surface area contributed by atoms with E-state index in [9.17, 15) is 18.0 Å². The van der Waals surface area contributed by atoms with Gasteiger partial charge in [-0.05, 0) is 0 Å². The molecule has 0 bridgehead atoms. The Labute approximate surface area is 49.0 Å². The van der Waals surface area contributed by atoms with Gasteiger partial charge in [-0.2, -0.15) is 13.2 Å². The van der Waals surface area contributed by atoms with E-state index in [1.807, 2.05) is 5.32 Å². The van der Waals surface area contributed by atoms with Crippen LogP contribution in [0.25, 0.3) is 0 Å². The van der Waals surface area contributed by atoms with Gasteiger partial charge in [-0.1, -0.05) is 0 Å². The van der Waals surface area contributed by atoms with E-state index in [0.29, 0.717) is 0 Å². The molecule has 1 saturated heterocycles. The van der Waals surface area contributed by atoms with Crippen LogP contribution in [0.3, 0.4) is 0 Å². The summed E-state index contributed by atoms with van der Waals surface area (Å²) in [7, 11) is 0. The lowest BCUT2D eigenvalue weighted by Gasteiger charge is -2.27. The standard InChI is InChI=1S/C4H4F3NO/c5-4(6,7)2-1-8-3(2)9/h2H,1H2,(H,8,9). The van der Waals surface area contributed by atoms with E-state index in [0.717, 1.165) is 0 Å². The zero-order chi connectivity index (χ0) is 7.07. The molecule has 1 atom stereocenters. The van der Waals surface area contributed by atoms with Gasteiger partial charge in [0.1, 0.15) is 0 Å². The molecule has 0 spiro atoms. The van der Waals surface area contributed by atoms with Crippen molar-refractivity contribution in [1.29, 1.82) is 0 Å². The van der Waals surface area contributed by atoms with E-state index in [-0.39, 0.29) is 6.54 Å². The third kappa shape index (κ3) is 0.988. The molecule has 0 aromatic carbocycles. The minimum atomic E-state index is -4.34. The van der Waals surface area contributed by atoms with E-state index >= 15 is 0 Å². The van der Waals surface area contributed by atoms with Gasteiger partial charge in [0.2, 0.25) is 5.91 Å². The topological polar surface area (TPSA) is 29.1 Å². The van der Waals surface area contributed by atoms with Gasteiger partial charge >= 0.3 is 6.18 Å². The second-order valence-electron chi connectivity index (χ2n) is 1.84. The highest BCUT2D eigenvalue weighted by Gasteiger charge is 2.49. The first-order chi connectivity index (χ1) is 4.02. The number of carbonyl (C=O) groups excluding carboxylic acids is 1. The zero-order valence-electron chi connectivity index (χ0n) is 4.33. The molecule has 1 N–H and O–H groups in total. The Balaban J connectivity index is 2.54. The van der Waals surface area contributed by atoms with E-state index in [2.05, 4.69) is 0 Å². The summed E-state index contributed by atoms with van der Waals surface area (Å²) in [5.41, 5.74) is 0. The second-order valence-corrected chi connectivity index (χ2v) is 1.84. The SMILES string of the molecule is O=C1NCC1C(F)(F)F. The number of amides is 1. The maximum Gasteiger partial charge on any atom is 0.402 e. The zero-order valence-corrected chi connectivity index (χ0v) is 4.33. The van der Waals surface area contributed by atoms with Crippen molar-refractivity contribution in [2.75, 3.05) is 6.54 Å². The molecule has 5 heteroatoms. The van der Waals surface area contributed by atoms with Gasteiger partial charge in [-0.3, -0.25) is 4.79 Å². The Kier molecular flexibility index (Phi) is 1.15. The molecule has 1 rings (SSSR count). The summed E-state index contributed by atoms with van der Waals surface area (Å²) in [6, 6.07) is 0. The number of halogens is 3. The highest BCUT2D eigenvalue weighted by atomic mass is 19.4. The van der Waals surface area contributed by atoms with Crippen molar-refractivity contribution in [3.63, 3.8) is 0 Å². The first-order valence-electron chi connectivity index (χ1n) is 2.36. The van der Waals surface area contributed by atoms with Gasteiger partial charge in [-0.25, -0.2) is 0 Å². The highest BCUT2D eigenvalue weighted by Crippen LogP contribution is 2.29. The van der Waals surface area contributed by atoms with Crippen LogP contribution in [-0.4, -0.2) is 18.6 Å². The predicted molar refractivity (Wildman–Crippen MR) is 22.6 cm³/mol. The van der Waals surface area contributed by atoms with Crippen LogP contribution in [0.5, 0.6) is 0 Å². The van der Waals surface area contributed by atoms with Crippen LogP contribution in [0.1, 0.15) is 0 Å². The van der Waals surface area contributed by atoms with Gasteiger partial charge in [0.25, 0.3) is 0 Å². The normalized spacial score (nSPS) is 27.0. The Morgan fingerprint density at radius 3 is 2.11 bits per heavy atom. The predicted octanol–water partition coefficient (Wildman–Crippen LogP) is 0.295. The Hall–Kier alpha value is -0.740. The lowest BCUT2D eigenvalue weighted by atomic mass is 10.0. The molecule has 0 saturated carbocycles. The molecule has 1 unspecified atom stereocenters. The average Bonchev–Trinajstić information content (AvgIpc) is 1.57. The Bertz CT molecular complexity index is 141. The average molecular weight is 139 g/mol. The van der Waals surface area contributed by atoms with Gasteiger partial charge in [0, 0.05) is 6.54 Å². The number of carbonyl (C=O) groups is 1. The van der Waals surface area contributed by atoms with Crippen molar-refractivity contribution in [2.45, 2.75) is 6.18 Å². The lowest BCUT2D eigenvalue weighted by molar-refractivity contribution is -0.193. The van der Waals surface area contributed by atoms with Crippen LogP contribution in [-0.2, 0) is 4.79 Å². The van der Waals surface area contributed by atoms with Gasteiger partial charge in [0.05, 0.1) is 0 Å². The fraction of sp³-hybridized carbons (Fsp3) is 0.750. The quantitative estimate of drug-likeness (QED) is 0.480.